The van der Waals surface area contributed by atoms with Gasteiger partial charge in [0, 0.05) is 0 Å². The molecule has 1 atom stereocenters. The second kappa shape index (κ2) is 9.50. The molecule has 1 aliphatic rings. The fourth-order valence-electron chi connectivity index (χ4n) is 4.22. The fraction of sp³-hybridized carbons (Fsp3) is 0.308. The molecule has 0 N–H and O–H groups in total. The van der Waals surface area contributed by atoms with Gasteiger partial charge in [-0.05, 0) is 50.1 Å². The number of amides is 1. The van der Waals surface area contributed by atoms with E-state index in [1.54, 1.807) is 24.3 Å². The molecule has 1 aliphatic heterocycles. The van der Waals surface area contributed by atoms with Crippen molar-refractivity contribution in [2.45, 2.75) is 39.7 Å². The fourth-order valence-corrected chi connectivity index (χ4v) is 4.94. The van der Waals surface area contributed by atoms with Crippen LogP contribution in [0.3, 0.4) is 0 Å². The first-order chi connectivity index (χ1) is 17.0. The van der Waals surface area contributed by atoms with Crippen molar-refractivity contribution in [3.8, 4) is 11.5 Å². The van der Waals surface area contributed by atoms with Crippen molar-refractivity contribution < 1.29 is 18.7 Å². The van der Waals surface area contributed by atoms with Crippen molar-refractivity contribution in [2.75, 3.05) is 18.1 Å². The molecule has 5 rings (SSSR count). The van der Waals surface area contributed by atoms with Crippen LogP contribution in [0.5, 0.6) is 11.5 Å². The number of hydrogen-bond acceptors (Lipinski definition) is 8. The number of ether oxygens (including phenoxy) is 2. The molecule has 0 spiro atoms. The van der Waals surface area contributed by atoms with Crippen LogP contribution < -0.4 is 19.8 Å². The summed E-state index contributed by atoms with van der Waals surface area (Å²) in [4.78, 5) is 28.8. The summed E-state index contributed by atoms with van der Waals surface area (Å²) < 4.78 is 17.8. The Morgan fingerprint density at radius 3 is 2.63 bits per heavy atom. The number of fused-ring (bicyclic) bond motifs is 2. The molecule has 35 heavy (non-hydrogen) atoms. The normalized spacial score (nSPS) is 15.0. The molecule has 0 bridgehead atoms. The number of nitrogens with zero attached hydrogens (tertiary/aromatic N) is 3. The van der Waals surface area contributed by atoms with Gasteiger partial charge in [0.2, 0.25) is 10.9 Å². The van der Waals surface area contributed by atoms with Gasteiger partial charge in [0.1, 0.15) is 10.6 Å². The van der Waals surface area contributed by atoms with Crippen molar-refractivity contribution in [3.63, 3.8) is 0 Å². The van der Waals surface area contributed by atoms with Crippen LogP contribution in [0.4, 0.5) is 5.13 Å². The summed E-state index contributed by atoms with van der Waals surface area (Å²) in [7, 11) is 0. The molecule has 0 fully saturated rings. The van der Waals surface area contributed by atoms with Gasteiger partial charge in [-0.25, -0.2) is 0 Å². The van der Waals surface area contributed by atoms with Crippen molar-refractivity contribution >= 4 is 33.3 Å². The molecular formula is C26H25N3O5S. The largest absolute Gasteiger partial charge is 0.490 e. The van der Waals surface area contributed by atoms with E-state index in [1.165, 1.54) is 16.2 Å². The van der Waals surface area contributed by atoms with E-state index in [1.807, 2.05) is 32.0 Å². The summed E-state index contributed by atoms with van der Waals surface area (Å²) in [6.07, 6.45) is 1.94. The highest BCUT2D eigenvalue weighted by Gasteiger charge is 2.45. The number of aryl methyl sites for hydroxylation is 1. The van der Waals surface area contributed by atoms with Crippen LogP contribution in [0.15, 0.2) is 51.7 Å². The molecular weight excluding hydrogens is 466 g/mol. The molecule has 180 valence electrons. The predicted molar refractivity (Wildman–Crippen MR) is 134 cm³/mol. The minimum Gasteiger partial charge on any atom is -0.490 e. The van der Waals surface area contributed by atoms with Crippen LogP contribution in [-0.4, -0.2) is 29.3 Å². The van der Waals surface area contributed by atoms with Crippen molar-refractivity contribution in [2.24, 2.45) is 0 Å². The first-order valence-corrected chi connectivity index (χ1v) is 12.4. The van der Waals surface area contributed by atoms with Gasteiger partial charge in [0.15, 0.2) is 16.9 Å². The maximum Gasteiger partial charge on any atom is 0.297 e. The van der Waals surface area contributed by atoms with E-state index in [0.29, 0.717) is 51.4 Å². The third-order valence-electron chi connectivity index (χ3n) is 5.84. The molecule has 2 aromatic heterocycles. The monoisotopic (exact) mass is 491 g/mol. The molecule has 0 saturated heterocycles. The van der Waals surface area contributed by atoms with E-state index in [9.17, 15) is 9.59 Å². The zero-order chi connectivity index (χ0) is 24.5. The minimum absolute atomic E-state index is 0.0211. The van der Waals surface area contributed by atoms with Crippen LogP contribution in [0, 0.1) is 6.92 Å². The summed E-state index contributed by atoms with van der Waals surface area (Å²) in [6, 6.07) is 11.7. The van der Waals surface area contributed by atoms with Gasteiger partial charge in [-0.1, -0.05) is 42.9 Å². The molecule has 0 saturated carbocycles. The highest BCUT2D eigenvalue weighted by molar-refractivity contribution is 7.15. The Morgan fingerprint density at radius 1 is 1.06 bits per heavy atom. The van der Waals surface area contributed by atoms with E-state index in [-0.39, 0.29) is 16.8 Å². The van der Waals surface area contributed by atoms with Gasteiger partial charge in [0.25, 0.3) is 5.91 Å². The summed E-state index contributed by atoms with van der Waals surface area (Å²) in [5.41, 5.74) is 1.10. The second-order valence-electron chi connectivity index (χ2n) is 8.19. The van der Waals surface area contributed by atoms with Gasteiger partial charge in [0.05, 0.1) is 30.2 Å². The third kappa shape index (κ3) is 4.05. The Balaban J connectivity index is 1.70. The van der Waals surface area contributed by atoms with Gasteiger partial charge < -0.3 is 13.9 Å². The summed E-state index contributed by atoms with van der Waals surface area (Å²) >= 11 is 1.28. The highest BCUT2D eigenvalue weighted by atomic mass is 32.1. The SMILES string of the molecule is CCCCOc1ccc([C@@H]2c3c(oc4ccccc4c3=O)C(=O)N2c2nnc(C)s2)cc1OCC. The lowest BCUT2D eigenvalue weighted by atomic mass is 9.98. The summed E-state index contributed by atoms with van der Waals surface area (Å²) in [5, 5.41) is 9.82. The summed E-state index contributed by atoms with van der Waals surface area (Å²) in [5.74, 6) is 0.774. The lowest BCUT2D eigenvalue weighted by molar-refractivity contribution is 0.0970. The quantitative estimate of drug-likeness (QED) is 0.310. The van der Waals surface area contributed by atoms with Crippen LogP contribution in [0.25, 0.3) is 11.0 Å². The van der Waals surface area contributed by atoms with E-state index < -0.39 is 11.9 Å². The molecule has 1 amide bonds. The zero-order valence-corrected chi connectivity index (χ0v) is 20.6. The van der Waals surface area contributed by atoms with Gasteiger partial charge >= 0.3 is 0 Å². The Labute approximate surface area is 206 Å². The van der Waals surface area contributed by atoms with Crippen LogP contribution in [0.1, 0.15) is 59.4 Å². The van der Waals surface area contributed by atoms with Gasteiger partial charge in [-0.15, -0.1) is 10.2 Å². The van der Waals surface area contributed by atoms with Crippen molar-refractivity contribution in [1.29, 1.82) is 0 Å². The first kappa shape index (κ1) is 23.0. The third-order valence-corrected chi connectivity index (χ3v) is 6.68. The lowest BCUT2D eigenvalue weighted by Crippen LogP contribution is -2.29. The van der Waals surface area contributed by atoms with E-state index in [4.69, 9.17) is 13.9 Å². The lowest BCUT2D eigenvalue weighted by Gasteiger charge is -2.23. The Kier molecular flexibility index (Phi) is 6.25. The number of hydrogen-bond donors (Lipinski definition) is 0. The van der Waals surface area contributed by atoms with Crippen molar-refractivity contribution in [3.05, 3.63) is 74.6 Å². The van der Waals surface area contributed by atoms with Crippen molar-refractivity contribution in [1.82, 2.24) is 10.2 Å². The molecule has 2 aromatic carbocycles. The van der Waals surface area contributed by atoms with Gasteiger partial charge in [-0.2, -0.15) is 0 Å². The highest BCUT2D eigenvalue weighted by Crippen LogP contribution is 2.44. The minimum atomic E-state index is -0.741. The maximum absolute atomic E-state index is 13.7. The average molecular weight is 492 g/mol. The number of anilines is 1. The van der Waals surface area contributed by atoms with E-state index >= 15 is 0 Å². The first-order valence-electron chi connectivity index (χ1n) is 11.6. The number of carbonyl (C=O) groups is 1. The number of benzene rings is 2. The van der Waals surface area contributed by atoms with E-state index in [2.05, 4.69) is 17.1 Å². The molecule has 8 nitrogen and oxygen atoms in total. The predicted octanol–water partition coefficient (Wildman–Crippen LogP) is 5.28. The smallest absolute Gasteiger partial charge is 0.297 e. The zero-order valence-electron chi connectivity index (χ0n) is 19.7. The Hall–Kier alpha value is -3.72. The average Bonchev–Trinajstić information content (AvgIpc) is 3.41. The second-order valence-corrected chi connectivity index (χ2v) is 9.35. The standard InChI is InChI=1S/C26H25N3O5S/c1-4-6-13-33-19-12-11-16(14-20(19)32-5-2)22-21-23(30)17-9-7-8-10-18(17)34-24(21)25(31)29(22)26-28-27-15(3)35-26/h7-12,14,22H,4-6,13H2,1-3H3/t22-/m1/s1. The molecule has 0 unspecified atom stereocenters. The molecule has 4 aromatic rings. The van der Waals surface area contributed by atoms with Crippen LogP contribution in [-0.2, 0) is 0 Å². The van der Waals surface area contributed by atoms with E-state index in [0.717, 1.165) is 12.8 Å². The Bertz CT molecular complexity index is 1460. The number of para-hydroxylation sites is 1. The number of rotatable bonds is 8. The maximum atomic E-state index is 13.7. The van der Waals surface area contributed by atoms with Crippen LogP contribution >= 0.6 is 11.3 Å². The molecule has 0 aliphatic carbocycles. The molecule has 3 heterocycles. The molecule has 9 heteroatoms. The summed E-state index contributed by atoms with van der Waals surface area (Å²) in [6.45, 7) is 6.83. The van der Waals surface area contributed by atoms with Crippen LogP contribution in [0.2, 0.25) is 0 Å². The Morgan fingerprint density at radius 2 is 1.89 bits per heavy atom. The van der Waals surface area contributed by atoms with Gasteiger partial charge in [-0.3, -0.25) is 14.5 Å². The molecule has 0 radical (unpaired) electrons. The topological polar surface area (TPSA) is 94.8 Å². The number of carbonyl (C=O) groups excluding carboxylic acids is 1. The number of unbranched alkanes of at least 4 members (excludes halogenated alkanes) is 1. The number of aromatic nitrogens is 2.